The Morgan fingerprint density at radius 3 is 2.83 bits per heavy atom. The Labute approximate surface area is 111 Å². The van der Waals surface area contributed by atoms with Crippen LogP contribution < -0.4 is 5.32 Å². The molecule has 1 aliphatic rings. The zero-order valence-corrected chi connectivity index (χ0v) is 11.4. The highest BCUT2D eigenvalue weighted by molar-refractivity contribution is 7.98. The second-order valence-corrected chi connectivity index (χ2v) is 5.42. The van der Waals surface area contributed by atoms with Gasteiger partial charge in [-0.25, -0.2) is 9.97 Å². The summed E-state index contributed by atoms with van der Waals surface area (Å²) in [5, 5.41) is 23.1. The molecule has 1 heterocycles. The van der Waals surface area contributed by atoms with Crippen molar-refractivity contribution in [2.45, 2.75) is 43.7 Å². The summed E-state index contributed by atoms with van der Waals surface area (Å²) in [7, 11) is 0. The molecule has 0 unspecified atom stereocenters. The van der Waals surface area contributed by atoms with Crippen LogP contribution in [0.3, 0.4) is 0 Å². The van der Waals surface area contributed by atoms with Gasteiger partial charge in [-0.1, -0.05) is 18.7 Å². The Balaban J connectivity index is 2.17. The van der Waals surface area contributed by atoms with Gasteiger partial charge in [0.2, 0.25) is 0 Å². The number of thioether (sulfide) groups is 1. The Hall–Kier alpha value is -0.850. The summed E-state index contributed by atoms with van der Waals surface area (Å²) in [5.41, 5.74) is 0.696. The molecule has 1 fully saturated rings. The first-order chi connectivity index (χ1) is 8.65. The molecule has 1 saturated carbocycles. The van der Waals surface area contributed by atoms with Crippen molar-refractivity contribution in [1.29, 1.82) is 0 Å². The molecule has 1 aliphatic carbocycles. The third-order valence-electron chi connectivity index (χ3n) is 3.53. The molecule has 5 nitrogen and oxygen atoms in total. The predicted octanol–water partition coefficient (Wildman–Crippen LogP) is 1.26. The van der Waals surface area contributed by atoms with Crippen LogP contribution in [0.4, 0.5) is 5.82 Å². The number of nitrogens with zero attached hydrogens (tertiary/aromatic N) is 2. The van der Waals surface area contributed by atoms with Crippen LogP contribution in [0.2, 0.25) is 0 Å². The van der Waals surface area contributed by atoms with Crippen molar-refractivity contribution in [3.8, 4) is 0 Å². The Morgan fingerprint density at radius 1 is 1.50 bits per heavy atom. The number of aliphatic hydroxyl groups excluding tert-OH is 2. The van der Waals surface area contributed by atoms with Gasteiger partial charge in [-0.3, -0.25) is 0 Å². The van der Waals surface area contributed by atoms with Crippen molar-refractivity contribution >= 4 is 17.6 Å². The Morgan fingerprint density at radius 2 is 2.28 bits per heavy atom. The number of hydrogen-bond donors (Lipinski definition) is 3. The standard InChI is InChI=1S/C12H19N3O2S/c1-7-9(3-4-10(7)17)14-11-8(6-16)5-13-12(15-11)18-2/h5,7,9-10,16-17H,3-4,6H2,1-2H3,(H,13,14,15)/t7-,9+,10+/m0/s1. The summed E-state index contributed by atoms with van der Waals surface area (Å²) in [5.74, 6) is 0.882. The molecule has 18 heavy (non-hydrogen) atoms. The Bertz CT molecular complexity index is 416. The van der Waals surface area contributed by atoms with E-state index in [0.717, 1.165) is 12.8 Å². The SMILES string of the molecule is CSc1ncc(CO)c(N[C@@H]2CC[C@@H](O)[C@H]2C)n1. The van der Waals surface area contributed by atoms with Crippen LogP contribution >= 0.6 is 11.8 Å². The average Bonchev–Trinajstić information content (AvgIpc) is 2.70. The zero-order valence-electron chi connectivity index (χ0n) is 10.6. The lowest BCUT2D eigenvalue weighted by Gasteiger charge is -2.21. The van der Waals surface area contributed by atoms with E-state index in [4.69, 9.17) is 0 Å². The van der Waals surface area contributed by atoms with Gasteiger partial charge in [0.25, 0.3) is 0 Å². The number of anilines is 1. The van der Waals surface area contributed by atoms with E-state index in [1.54, 1.807) is 6.20 Å². The maximum atomic E-state index is 9.75. The van der Waals surface area contributed by atoms with Gasteiger partial charge < -0.3 is 15.5 Å². The normalized spacial score (nSPS) is 27.4. The molecule has 3 N–H and O–H groups in total. The van der Waals surface area contributed by atoms with E-state index in [0.29, 0.717) is 16.5 Å². The van der Waals surface area contributed by atoms with E-state index in [2.05, 4.69) is 15.3 Å². The highest BCUT2D eigenvalue weighted by Gasteiger charge is 2.31. The van der Waals surface area contributed by atoms with Crippen LogP contribution in [0, 0.1) is 5.92 Å². The van der Waals surface area contributed by atoms with E-state index >= 15 is 0 Å². The highest BCUT2D eigenvalue weighted by atomic mass is 32.2. The topological polar surface area (TPSA) is 78.3 Å². The number of hydrogen-bond acceptors (Lipinski definition) is 6. The minimum absolute atomic E-state index is 0.0827. The fraction of sp³-hybridized carbons (Fsp3) is 0.667. The van der Waals surface area contributed by atoms with Gasteiger partial charge in [-0.05, 0) is 19.1 Å². The second kappa shape index (κ2) is 5.86. The molecule has 1 aromatic rings. The summed E-state index contributed by atoms with van der Waals surface area (Å²) in [6.45, 7) is 1.95. The molecule has 0 aliphatic heterocycles. The van der Waals surface area contributed by atoms with Crippen molar-refractivity contribution in [2.75, 3.05) is 11.6 Å². The van der Waals surface area contributed by atoms with E-state index in [1.165, 1.54) is 11.8 Å². The molecule has 100 valence electrons. The van der Waals surface area contributed by atoms with E-state index < -0.39 is 0 Å². The van der Waals surface area contributed by atoms with Gasteiger partial charge in [-0.15, -0.1) is 0 Å². The highest BCUT2D eigenvalue weighted by Crippen LogP contribution is 2.29. The summed E-state index contributed by atoms with van der Waals surface area (Å²) in [6.07, 6.45) is 5.05. The van der Waals surface area contributed by atoms with Crippen LogP contribution in [0.25, 0.3) is 0 Å². The molecular formula is C12H19N3O2S. The van der Waals surface area contributed by atoms with Crippen molar-refractivity contribution in [2.24, 2.45) is 5.92 Å². The van der Waals surface area contributed by atoms with E-state index in [-0.39, 0.29) is 24.7 Å². The number of nitrogens with one attached hydrogen (secondary N) is 1. The largest absolute Gasteiger partial charge is 0.393 e. The van der Waals surface area contributed by atoms with Crippen LogP contribution in [-0.4, -0.2) is 38.6 Å². The van der Waals surface area contributed by atoms with Gasteiger partial charge in [0.15, 0.2) is 5.16 Å². The fourth-order valence-corrected chi connectivity index (χ4v) is 2.59. The number of rotatable bonds is 4. The second-order valence-electron chi connectivity index (χ2n) is 4.64. The van der Waals surface area contributed by atoms with Crippen molar-refractivity contribution in [3.05, 3.63) is 11.8 Å². The first kappa shape index (κ1) is 13.6. The van der Waals surface area contributed by atoms with Crippen molar-refractivity contribution in [1.82, 2.24) is 9.97 Å². The molecule has 0 radical (unpaired) electrons. The molecule has 3 atom stereocenters. The number of aliphatic hydroxyl groups is 2. The molecule has 0 aromatic carbocycles. The first-order valence-electron chi connectivity index (χ1n) is 6.11. The maximum absolute atomic E-state index is 9.75. The zero-order chi connectivity index (χ0) is 13.1. The lowest BCUT2D eigenvalue weighted by Crippen LogP contribution is -2.27. The fourth-order valence-electron chi connectivity index (χ4n) is 2.25. The monoisotopic (exact) mass is 269 g/mol. The van der Waals surface area contributed by atoms with Gasteiger partial charge in [0.05, 0.1) is 12.7 Å². The predicted molar refractivity (Wildman–Crippen MR) is 71.6 cm³/mol. The van der Waals surface area contributed by atoms with Gasteiger partial charge in [0, 0.05) is 23.7 Å². The van der Waals surface area contributed by atoms with Crippen molar-refractivity contribution in [3.63, 3.8) is 0 Å². The van der Waals surface area contributed by atoms with Gasteiger partial charge >= 0.3 is 0 Å². The van der Waals surface area contributed by atoms with Crippen LogP contribution in [0.15, 0.2) is 11.4 Å². The quantitative estimate of drug-likeness (QED) is 0.564. The minimum atomic E-state index is -0.248. The van der Waals surface area contributed by atoms with Crippen LogP contribution in [-0.2, 0) is 6.61 Å². The molecule has 0 amide bonds. The van der Waals surface area contributed by atoms with Gasteiger partial charge in [0.1, 0.15) is 5.82 Å². The van der Waals surface area contributed by atoms with Crippen LogP contribution in [0.1, 0.15) is 25.3 Å². The van der Waals surface area contributed by atoms with E-state index in [9.17, 15) is 10.2 Å². The summed E-state index contributed by atoms with van der Waals surface area (Å²) >= 11 is 1.47. The molecule has 0 bridgehead atoms. The van der Waals surface area contributed by atoms with Gasteiger partial charge in [-0.2, -0.15) is 0 Å². The smallest absolute Gasteiger partial charge is 0.189 e. The lowest BCUT2D eigenvalue weighted by molar-refractivity contribution is 0.139. The van der Waals surface area contributed by atoms with Crippen LogP contribution in [0.5, 0.6) is 0 Å². The number of aromatic nitrogens is 2. The first-order valence-corrected chi connectivity index (χ1v) is 7.33. The average molecular weight is 269 g/mol. The Kier molecular flexibility index (Phi) is 4.42. The maximum Gasteiger partial charge on any atom is 0.189 e. The van der Waals surface area contributed by atoms with Crippen molar-refractivity contribution < 1.29 is 10.2 Å². The molecule has 2 rings (SSSR count). The molecule has 0 spiro atoms. The molecule has 6 heteroatoms. The third kappa shape index (κ3) is 2.76. The molecule has 1 aromatic heterocycles. The summed E-state index contributed by atoms with van der Waals surface area (Å²) in [6, 6.07) is 0.204. The summed E-state index contributed by atoms with van der Waals surface area (Å²) < 4.78 is 0. The van der Waals surface area contributed by atoms with E-state index in [1.807, 2.05) is 13.2 Å². The molecule has 0 saturated heterocycles. The third-order valence-corrected chi connectivity index (χ3v) is 4.09. The summed E-state index contributed by atoms with van der Waals surface area (Å²) in [4.78, 5) is 8.52. The molecular weight excluding hydrogens is 250 g/mol. The minimum Gasteiger partial charge on any atom is -0.393 e. The lowest BCUT2D eigenvalue weighted by atomic mass is 10.0.